The van der Waals surface area contributed by atoms with E-state index in [-0.39, 0.29) is 0 Å². The maximum atomic E-state index is 5.96. The van der Waals surface area contributed by atoms with Gasteiger partial charge in [-0.1, -0.05) is 35.1 Å². The van der Waals surface area contributed by atoms with Crippen molar-refractivity contribution < 1.29 is 0 Å². The van der Waals surface area contributed by atoms with E-state index >= 15 is 0 Å². The number of halogens is 1. The quantitative estimate of drug-likeness (QED) is 0.651. The Balaban J connectivity index is 1.42. The van der Waals surface area contributed by atoms with Crippen LogP contribution >= 0.6 is 22.9 Å². The zero-order chi connectivity index (χ0) is 18.6. The van der Waals surface area contributed by atoms with Crippen LogP contribution < -0.4 is 9.80 Å². The van der Waals surface area contributed by atoms with Crippen molar-refractivity contribution >= 4 is 33.9 Å². The molecule has 6 nitrogen and oxygen atoms in total. The van der Waals surface area contributed by atoms with Crippen LogP contribution in [0.1, 0.15) is 23.4 Å². The van der Waals surface area contributed by atoms with Gasteiger partial charge >= 0.3 is 0 Å². The minimum absolute atomic E-state index is 0.386. The average Bonchev–Trinajstić information content (AvgIpc) is 3.18. The van der Waals surface area contributed by atoms with Crippen LogP contribution in [0.2, 0.25) is 5.02 Å². The number of rotatable bonds is 5. The van der Waals surface area contributed by atoms with Gasteiger partial charge in [-0.05, 0) is 42.7 Å². The van der Waals surface area contributed by atoms with Crippen molar-refractivity contribution in [3.63, 3.8) is 0 Å². The number of aromatic nitrogens is 4. The van der Waals surface area contributed by atoms with Crippen LogP contribution in [0.15, 0.2) is 42.6 Å². The molecule has 0 aliphatic carbocycles. The summed E-state index contributed by atoms with van der Waals surface area (Å²) in [6, 6.07) is 12.2. The third-order valence-corrected chi connectivity index (χ3v) is 6.12. The Hall–Kier alpha value is -2.25. The van der Waals surface area contributed by atoms with Crippen molar-refractivity contribution in [3.05, 3.63) is 58.2 Å². The van der Waals surface area contributed by atoms with E-state index in [0.29, 0.717) is 6.04 Å². The second-order valence-electron chi connectivity index (χ2n) is 6.72. The molecule has 0 N–H and O–H groups in total. The number of piperidine rings is 1. The Bertz CT molecular complexity index is 869. The molecule has 2 aromatic heterocycles. The van der Waals surface area contributed by atoms with Gasteiger partial charge in [0.05, 0.1) is 0 Å². The first-order chi connectivity index (χ1) is 13.2. The zero-order valence-corrected chi connectivity index (χ0v) is 16.7. The third-order valence-electron chi connectivity index (χ3n) is 4.85. The summed E-state index contributed by atoms with van der Waals surface area (Å²) in [5.74, 6) is 0.941. The van der Waals surface area contributed by atoms with Crippen LogP contribution in [0.4, 0.5) is 10.9 Å². The molecule has 1 saturated heterocycles. The lowest BCUT2D eigenvalue weighted by atomic mass is 10.0. The Labute approximate surface area is 167 Å². The molecule has 0 bridgehead atoms. The van der Waals surface area contributed by atoms with Crippen molar-refractivity contribution in [3.8, 4) is 0 Å². The molecule has 3 aromatic rings. The fourth-order valence-electron chi connectivity index (χ4n) is 3.33. The second kappa shape index (κ2) is 8.19. The van der Waals surface area contributed by atoms with E-state index in [1.807, 2.05) is 36.4 Å². The molecule has 4 rings (SSSR count). The first-order valence-corrected chi connectivity index (χ1v) is 10.2. The molecule has 3 heterocycles. The van der Waals surface area contributed by atoms with E-state index < -0.39 is 0 Å². The van der Waals surface area contributed by atoms with Crippen LogP contribution in [0.5, 0.6) is 0 Å². The highest BCUT2D eigenvalue weighted by Crippen LogP contribution is 2.27. The number of hydrogen-bond acceptors (Lipinski definition) is 7. The van der Waals surface area contributed by atoms with Gasteiger partial charge in [0.25, 0.3) is 0 Å². The second-order valence-corrected chi connectivity index (χ2v) is 8.19. The summed E-state index contributed by atoms with van der Waals surface area (Å²) in [4.78, 5) is 4.55. The van der Waals surface area contributed by atoms with Crippen molar-refractivity contribution in [1.82, 2.24) is 20.4 Å². The Morgan fingerprint density at radius 3 is 2.81 bits per heavy atom. The highest BCUT2D eigenvalue weighted by molar-refractivity contribution is 7.15. The zero-order valence-electron chi connectivity index (χ0n) is 15.1. The van der Waals surface area contributed by atoms with Crippen LogP contribution in [0.25, 0.3) is 0 Å². The third kappa shape index (κ3) is 4.36. The molecule has 1 aliphatic rings. The van der Waals surface area contributed by atoms with E-state index in [9.17, 15) is 0 Å². The largest absolute Gasteiger partial charge is 0.353 e. The Morgan fingerprint density at radius 1 is 1.19 bits per heavy atom. The summed E-state index contributed by atoms with van der Waals surface area (Å²) in [5, 5.41) is 19.8. The van der Waals surface area contributed by atoms with Gasteiger partial charge in [0, 0.05) is 43.8 Å². The van der Waals surface area contributed by atoms with Crippen molar-refractivity contribution in [2.75, 3.05) is 29.9 Å². The van der Waals surface area contributed by atoms with Gasteiger partial charge in [-0.15, -0.1) is 15.3 Å². The molecular formula is C19H21ClN6S. The lowest BCUT2D eigenvalue weighted by Crippen LogP contribution is -2.47. The maximum absolute atomic E-state index is 5.96. The smallest absolute Gasteiger partial charge is 0.208 e. The maximum Gasteiger partial charge on any atom is 0.208 e. The summed E-state index contributed by atoms with van der Waals surface area (Å²) in [6.45, 7) is 1.93. The molecule has 1 aliphatic heterocycles. The minimum atomic E-state index is 0.386. The number of benzene rings is 1. The van der Waals surface area contributed by atoms with Gasteiger partial charge in [-0.25, -0.2) is 0 Å². The van der Waals surface area contributed by atoms with Crippen molar-refractivity contribution in [2.24, 2.45) is 0 Å². The fraction of sp³-hybridized carbons (Fsp3) is 0.368. The topological polar surface area (TPSA) is 58.0 Å². The number of nitrogens with zero attached hydrogens (tertiary/aromatic N) is 6. The predicted molar refractivity (Wildman–Crippen MR) is 110 cm³/mol. The molecule has 0 spiro atoms. The molecule has 0 saturated carbocycles. The summed E-state index contributed by atoms with van der Waals surface area (Å²) in [6.07, 6.45) is 4.75. The summed E-state index contributed by atoms with van der Waals surface area (Å²) < 4.78 is 0. The number of likely N-dealkylation sites (N-methyl/N-ethyl adjacent to an activating group) is 1. The summed E-state index contributed by atoms with van der Waals surface area (Å²) in [5.41, 5.74) is 1.19. The van der Waals surface area contributed by atoms with E-state index in [0.717, 1.165) is 53.3 Å². The highest BCUT2D eigenvalue weighted by Gasteiger charge is 2.26. The lowest BCUT2D eigenvalue weighted by molar-refractivity contribution is 0.483. The van der Waals surface area contributed by atoms with Crippen LogP contribution in [0.3, 0.4) is 0 Å². The van der Waals surface area contributed by atoms with Gasteiger partial charge < -0.3 is 9.80 Å². The van der Waals surface area contributed by atoms with Crippen molar-refractivity contribution in [2.45, 2.75) is 25.3 Å². The number of anilines is 2. The molecule has 140 valence electrons. The van der Waals surface area contributed by atoms with Gasteiger partial charge in [0.15, 0.2) is 5.82 Å². The monoisotopic (exact) mass is 400 g/mol. The Morgan fingerprint density at radius 2 is 2.04 bits per heavy atom. The molecule has 0 radical (unpaired) electrons. The Kier molecular flexibility index (Phi) is 5.50. The first kappa shape index (κ1) is 18.1. The van der Waals surface area contributed by atoms with E-state index in [1.54, 1.807) is 17.5 Å². The summed E-state index contributed by atoms with van der Waals surface area (Å²) in [7, 11) is 2.11. The van der Waals surface area contributed by atoms with Crippen LogP contribution in [0, 0.1) is 0 Å². The van der Waals surface area contributed by atoms with Crippen LogP contribution in [-0.4, -0.2) is 46.6 Å². The normalized spacial score (nSPS) is 17.1. The summed E-state index contributed by atoms with van der Waals surface area (Å²) >= 11 is 7.61. The van der Waals surface area contributed by atoms with E-state index in [2.05, 4.69) is 37.2 Å². The molecule has 1 atom stereocenters. The molecule has 8 heteroatoms. The molecular weight excluding hydrogens is 380 g/mol. The average molecular weight is 401 g/mol. The highest BCUT2D eigenvalue weighted by atomic mass is 35.5. The molecule has 27 heavy (non-hydrogen) atoms. The molecule has 1 fully saturated rings. The van der Waals surface area contributed by atoms with Crippen molar-refractivity contribution in [1.29, 1.82) is 0 Å². The van der Waals surface area contributed by atoms with Gasteiger partial charge in [-0.3, -0.25) is 0 Å². The minimum Gasteiger partial charge on any atom is -0.353 e. The van der Waals surface area contributed by atoms with E-state index in [1.165, 1.54) is 5.56 Å². The fourth-order valence-corrected chi connectivity index (χ4v) is 4.36. The van der Waals surface area contributed by atoms with Gasteiger partial charge in [-0.2, -0.15) is 5.10 Å². The standard InChI is InChI=1S/C19H21ClN6S/c1-25(16-4-3-11-26(13-16)17-5-2-10-21-22-17)19-24-23-18(27-19)12-14-6-8-15(20)9-7-14/h2,5-10,16H,3-4,11-13H2,1H3. The first-order valence-electron chi connectivity index (χ1n) is 9.01. The molecule has 1 unspecified atom stereocenters. The predicted octanol–water partition coefficient (Wildman–Crippen LogP) is 3.68. The number of hydrogen-bond donors (Lipinski definition) is 0. The van der Waals surface area contributed by atoms with Crippen LogP contribution in [-0.2, 0) is 6.42 Å². The van der Waals surface area contributed by atoms with E-state index in [4.69, 9.17) is 11.6 Å². The molecule has 1 aromatic carbocycles. The lowest BCUT2D eigenvalue weighted by Gasteiger charge is -2.37. The molecule has 0 amide bonds. The van der Waals surface area contributed by atoms with Gasteiger partial charge in [0.2, 0.25) is 5.13 Å². The van der Waals surface area contributed by atoms with Gasteiger partial charge in [0.1, 0.15) is 5.01 Å². The SMILES string of the molecule is CN(c1nnc(Cc2ccc(Cl)cc2)s1)C1CCCN(c2cccnn2)C1.